The molecule has 0 saturated carbocycles. The van der Waals surface area contributed by atoms with Gasteiger partial charge >= 0.3 is 0 Å². The number of anilines is 1. The molecule has 3 rings (SSSR count). The second-order valence-corrected chi connectivity index (χ2v) is 6.64. The maximum absolute atomic E-state index is 10.6. The largest absolute Gasteiger partial charge is 0.460 e. The van der Waals surface area contributed by atoms with Crippen LogP contribution in [0.5, 0.6) is 0 Å². The fourth-order valence-corrected chi connectivity index (χ4v) is 2.89. The van der Waals surface area contributed by atoms with Crippen molar-refractivity contribution < 1.29 is 9.34 Å². The lowest BCUT2D eigenvalue weighted by atomic mass is 10.2. The molecule has 0 saturated heterocycles. The Hall–Kier alpha value is -2.54. The summed E-state index contributed by atoms with van der Waals surface area (Å²) in [4.78, 5) is 10.2. The minimum absolute atomic E-state index is 0.0760. The second-order valence-electron chi connectivity index (χ2n) is 5.80. The van der Waals surface area contributed by atoms with Gasteiger partial charge < -0.3 is 15.1 Å². The van der Waals surface area contributed by atoms with E-state index in [1.807, 2.05) is 12.1 Å². The number of benzene rings is 2. The zero-order chi connectivity index (χ0) is 19.2. The SMILES string of the molecule is O=[N+]([O-])c1ccc(NCCNCc2ccc(-c3cc(Cl)ccc3Cl)o2)cc1. The van der Waals surface area contributed by atoms with Gasteiger partial charge in [0, 0.05) is 41.5 Å². The topological polar surface area (TPSA) is 80.3 Å². The first-order valence-corrected chi connectivity index (χ1v) is 9.02. The van der Waals surface area contributed by atoms with Crippen molar-refractivity contribution in [3.63, 3.8) is 0 Å². The van der Waals surface area contributed by atoms with Gasteiger partial charge in [-0.15, -0.1) is 0 Å². The molecule has 2 N–H and O–H groups in total. The molecule has 0 radical (unpaired) electrons. The van der Waals surface area contributed by atoms with E-state index in [1.54, 1.807) is 30.3 Å². The molecule has 0 atom stereocenters. The van der Waals surface area contributed by atoms with Gasteiger partial charge in [0.05, 0.1) is 16.5 Å². The van der Waals surface area contributed by atoms with Crippen molar-refractivity contribution in [3.05, 3.63) is 80.5 Å². The molecule has 0 amide bonds. The molecular formula is C19H17Cl2N3O3. The number of nitro groups is 1. The van der Waals surface area contributed by atoms with Crippen LogP contribution in [0.3, 0.4) is 0 Å². The Labute approximate surface area is 166 Å². The normalized spacial score (nSPS) is 10.7. The molecule has 2 aromatic carbocycles. The van der Waals surface area contributed by atoms with Crippen LogP contribution in [0.25, 0.3) is 11.3 Å². The molecule has 0 aliphatic carbocycles. The van der Waals surface area contributed by atoms with Gasteiger partial charge in [-0.3, -0.25) is 10.1 Å². The Kier molecular flexibility index (Phi) is 6.34. The summed E-state index contributed by atoms with van der Waals surface area (Å²) in [5.74, 6) is 1.46. The Morgan fingerprint density at radius 2 is 1.78 bits per heavy atom. The lowest BCUT2D eigenvalue weighted by molar-refractivity contribution is -0.384. The molecule has 0 fully saturated rings. The minimum atomic E-state index is -0.417. The van der Waals surface area contributed by atoms with Gasteiger partial charge in [-0.2, -0.15) is 0 Å². The van der Waals surface area contributed by atoms with E-state index in [1.165, 1.54) is 12.1 Å². The van der Waals surface area contributed by atoms with E-state index in [4.69, 9.17) is 27.6 Å². The molecule has 0 spiro atoms. The van der Waals surface area contributed by atoms with E-state index in [0.717, 1.165) is 17.0 Å². The van der Waals surface area contributed by atoms with E-state index in [0.29, 0.717) is 35.4 Å². The van der Waals surface area contributed by atoms with Crippen molar-refractivity contribution in [2.75, 3.05) is 18.4 Å². The van der Waals surface area contributed by atoms with Gasteiger partial charge in [0.25, 0.3) is 5.69 Å². The molecule has 6 nitrogen and oxygen atoms in total. The zero-order valence-electron chi connectivity index (χ0n) is 14.2. The molecule has 0 aliphatic heterocycles. The maximum Gasteiger partial charge on any atom is 0.269 e. The van der Waals surface area contributed by atoms with Gasteiger partial charge in [-0.05, 0) is 42.5 Å². The van der Waals surface area contributed by atoms with Crippen LogP contribution in [0.15, 0.2) is 59.0 Å². The van der Waals surface area contributed by atoms with E-state index in [9.17, 15) is 10.1 Å². The third-order valence-electron chi connectivity index (χ3n) is 3.86. The van der Waals surface area contributed by atoms with E-state index in [-0.39, 0.29) is 5.69 Å². The Bertz CT molecular complexity index is 926. The smallest absolute Gasteiger partial charge is 0.269 e. The quantitative estimate of drug-likeness (QED) is 0.299. The lowest BCUT2D eigenvalue weighted by Gasteiger charge is -2.07. The summed E-state index contributed by atoms with van der Waals surface area (Å²) in [7, 11) is 0. The summed E-state index contributed by atoms with van der Waals surface area (Å²) >= 11 is 12.2. The van der Waals surface area contributed by atoms with Gasteiger partial charge in [0.1, 0.15) is 11.5 Å². The highest BCUT2D eigenvalue weighted by Gasteiger charge is 2.09. The Morgan fingerprint density at radius 3 is 2.52 bits per heavy atom. The molecule has 8 heteroatoms. The summed E-state index contributed by atoms with van der Waals surface area (Å²) in [6, 6.07) is 15.3. The van der Waals surface area contributed by atoms with Crippen molar-refractivity contribution in [2.45, 2.75) is 6.54 Å². The zero-order valence-corrected chi connectivity index (χ0v) is 15.8. The highest BCUT2D eigenvalue weighted by molar-refractivity contribution is 6.35. The van der Waals surface area contributed by atoms with Crippen molar-refractivity contribution >= 4 is 34.6 Å². The van der Waals surface area contributed by atoms with Crippen LogP contribution in [0, 0.1) is 10.1 Å². The van der Waals surface area contributed by atoms with Crippen LogP contribution in [0.2, 0.25) is 10.0 Å². The molecule has 140 valence electrons. The predicted octanol–water partition coefficient (Wildman–Crippen LogP) is 5.36. The van der Waals surface area contributed by atoms with Gasteiger partial charge in [0.15, 0.2) is 0 Å². The van der Waals surface area contributed by atoms with E-state index in [2.05, 4.69) is 10.6 Å². The van der Waals surface area contributed by atoms with Crippen LogP contribution in [0.1, 0.15) is 5.76 Å². The first-order chi connectivity index (χ1) is 13.0. The van der Waals surface area contributed by atoms with E-state index < -0.39 is 4.92 Å². The minimum Gasteiger partial charge on any atom is -0.460 e. The van der Waals surface area contributed by atoms with Crippen LogP contribution in [0.4, 0.5) is 11.4 Å². The molecule has 0 aliphatic rings. The number of hydrogen-bond acceptors (Lipinski definition) is 5. The van der Waals surface area contributed by atoms with Crippen molar-refractivity contribution in [1.82, 2.24) is 5.32 Å². The number of nitro benzene ring substituents is 1. The predicted molar refractivity (Wildman–Crippen MR) is 107 cm³/mol. The van der Waals surface area contributed by atoms with Crippen molar-refractivity contribution in [3.8, 4) is 11.3 Å². The van der Waals surface area contributed by atoms with Crippen LogP contribution in [-0.2, 0) is 6.54 Å². The fraction of sp³-hybridized carbons (Fsp3) is 0.158. The number of rotatable bonds is 8. The molecule has 0 unspecified atom stereocenters. The number of furan rings is 1. The van der Waals surface area contributed by atoms with Crippen LogP contribution < -0.4 is 10.6 Å². The van der Waals surface area contributed by atoms with Crippen molar-refractivity contribution in [2.24, 2.45) is 0 Å². The third kappa shape index (κ3) is 5.23. The van der Waals surface area contributed by atoms with Crippen molar-refractivity contribution in [1.29, 1.82) is 0 Å². The average Bonchev–Trinajstić information content (AvgIpc) is 3.12. The first kappa shape index (κ1) is 19.2. The van der Waals surface area contributed by atoms with Crippen LogP contribution in [-0.4, -0.2) is 18.0 Å². The molecule has 1 heterocycles. The van der Waals surface area contributed by atoms with Crippen LogP contribution >= 0.6 is 23.2 Å². The Balaban J connectivity index is 1.45. The second kappa shape index (κ2) is 8.90. The Morgan fingerprint density at radius 1 is 1.00 bits per heavy atom. The summed E-state index contributed by atoms with van der Waals surface area (Å²) in [6.07, 6.45) is 0. The van der Waals surface area contributed by atoms with Gasteiger partial charge in [0.2, 0.25) is 0 Å². The standard InChI is InChI=1S/C19H17Cl2N3O3/c20-13-1-7-18(21)17(11-13)19-8-6-16(27-19)12-22-9-10-23-14-2-4-15(5-3-14)24(25)26/h1-8,11,22-23H,9-10,12H2. The lowest BCUT2D eigenvalue weighted by Crippen LogP contribution is -2.21. The molecule has 3 aromatic rings. The summed E-state index contributed by atoms with van der Waals surface area (Å²) in [5, 5.41) is 18.3. The van der Waals surface area contributed by atoms with E-state index >= 15 is 0 Å². The summed E-state index contributed by atoms with van der Waals surface area (Å²) in [5.41, 5.74) is 1.67. The molecular weight excluding hydrogens is 389 g/mol. The number of nitrogens with one attached hydrogen (secondary N) is 2. The number of halogens is 2. The first-order valence-electron chi connectivity index (χ1n) is 8.26. The van der Waals surface area contributed by atoms with Gasteiger partial charge in [-0.25, -0.2) is 0 Å². The molecule has 1 aromatic heterocycles. The highest BCUT2D eigenvalue weighted by Crippen LogP contribution is 2.31. The monoisotopic (exact) mass is 405 g/mol. The number of non-ortho nitro benzene ring substituents is 1. The number of hydrogen-bond donors (Lipinski definition) is 2. The fourth-order valence-electron chi connectivity index (χ4n) is 2.51. The summed E-state index contributed by atoms with van der Waals surface area (Å²) in [6.45, 7) is 1.94. The van der Waals surface area contributed by atoms with Gasteiger partial charge in [-0.1, -0.05) is 23.2 Å². The molecule has 0 bridgehead atoms. The average molecular weight is 406 g/mol. The highest BCUT2D eigenvalue weighted by atomic mass is 35.5. The number of nitrogens with zero attached hydrogens (tertiary/aromatic N) is 1. The maximum atomic E-state index is 10.6. The molecule has 27 heavy (non-hydrogen) atoms. The third-order valence-corrected chi connectivity index (χ3v) is 4.43. The summed E-state index contributed by atoms with van der Waals surface area (Å²) < 4.78 is 5.82.